The second-order valence-corrected chi connectivity index (χ2v) is 8.91. The molecule has 2 aromatic heterocycles. The van der Waals surface area contributed by atoms with Crippen LogP contribution in [0.3, 0.4) is 0 Å². The van der Waals surface area contributed by atoms with Crippen molar-refractivity contribution in [3.05, 3.63) is 108 Å². The van der Waals surface area contributed by atoms with Crippen LogP contribution >= 0.6 is 0 Å². The molecule has 1 aliphatic rings. The van der Waals surface area contributed by atoms with Gasteiger partial charge in [0.05, 0.1) is 17.6 Å². The van der Waals surface area contributed by atoms with Gasteiger partial charge in [-0.05, 0) is 72.6 Å². The highest BCUT2D eigenvalue weighted by atomic mass is 16.3. The third kappa shape index (κ3) is 6.23. The molecule has 37 heavy (non-hydrogen) atoms. The SMILES string of the molecule is O=C(Nc1ccccc1N1CCN(CCc2ccncc2)CC1)c1ccc(NC(=O)c2ccco2)cc1. The van der Waals surface area contributed by atoms with E-state index in [2.05, 4.69) is 43.6 Å². The zero-order chi connectivity index (χ0) is 25.5. The van der Waals surface area contributed by atoms with Crippen LogP contribution in [-0.4, -0.2) is 54.4 Å². The lowest BCUT2D eigenvalue weighted by atomic mass is 10.1. The van der Waals surface area contributed by atoms with Crippen LogP contribution in [0.1, 0.15) is 26.5 Å². The lowest BCUT2D eigenvalue weighted by Crippen LogP contribution is -2.47. The zero-order valence-corrected chi connectivity index (χ0v) is 20.5. The number of carbonyl (C=O) groups excluding carboxylic acids is 2. The number of nitrogens with one attached hydrogen (secondary N) is 2. The van der Waals surface area contributed by atoms with Gasteiger partial charge in [0, 0.05) is 56.4 Å². The molecule has 4 aromatic rings. The van der Waals surface area contributed by atoms with Gasteiger partial charge in [-0.1, -0.05) is 12.1 Å². The summed E-state index contributed by atoms with van der Waals surface area (Å²) in [6.45, 7) is 4.76. The molecule has 0 saturated carbocycles. The highest BCUT2D eigenvalue weighted by Crippen LogP contribution is 2.27. The molecule has 0 bridgehead atoms. The van der Waals surface area contributed by atoms with Crippen molar-refractivity contribution in [2.45, 2.75) is 6.42 Å². The molecule has 1 aliphatic heterocycles. The van der Waals surface area contributed by atoms with Gasteiger partial charge in [-0.2, -0.15) is 0 Å². The summed E-state index contributed by atoms with van der Waals surface area (Å²) in [5.74, 6) is -0.311. The van der Waals surface area contributed by atoms with Crippen LogP contribution in [0.4, 0.5) is 17.1 Å². The van der Waals surface area contributed by atoms with Crippen molar-refractivity contribution in [1.29, 1.82) is 0 Å². The number of aromatic nitrogens is 1. The predicted octanol–water partition coefficient (Wildman–Crippen LogP) is 4.54. The van der Waals surface area contributed by atoms with Crippen molar-refractivity contribution in [2.75, 3.05) is 48.3 Å². The summed E-state index contributed by atoms with van der Waals surface area (Å²) in [6.07, 6.45) is 6.14. The van der Waals surface area contributed by atoms with Gasteiger partial charge in [0.25, 0.3) is 11.8 Å². The average Bonchev–Trinajstić information content (AvgIpc) is 3.49. The topological polar surface area (TPSA) is 90.7 Å². The summed E-state index contributed by atoms with van der Waals surface area (Å²) in [5, 5.41) is 5.82. The molecule has 0 radical (unpaired) electrons. The van der Waals surface area contributed by atoms with E-state index >= 15 is 0 Å². The minimum atomic E-state index is -0.339. The van der Waals surface area contributed by atoms with Crippen molar-refractivity contribution in [3.63, 3.8) is 0 Å². The Balaban J connectivity index is 1.16. The highest BCUT2D eigenvalue weighted by Gasteiger charge is 2.20. The normalized spacial score (nSPS) is 13.8. The summed E-state index contributed by atoms with van der Waals surface area (Å²) >= 11 is 0. The third-order valence-corrected chi connectivity index (χ3v) is 6.48. The molecule has 188 valence electrons. The fourth-order valence-corrected chi connectivity index (χ4v) is 4.40. The summed E-state index contributed by atoms with van der Waals surface area (Å²) in [6, 6.07) is 22.1. The van der Waals surface area contributed by atoms with E-state index < -0.39 is 0 Å². The van der Waals surface area contributed by atoms with E-state index in [9.17, 15) is 9.59 Å². The minimum absolute atomic E-state index is 0.202. The number of benzene rings is 2. The third-order valence-electron chi connectivity index (χ3n) is 6.48. The lowest BCUT2D eigenvalue weighted by Gasteiger charge is -2.37. The van der Waals surface area contributed by atoms with Crippen molar-refractivity contribution in [3.8, 4) is 0 Å². The molecule has 0 unspecified atom stereocenters. The van der Waals surface area contributed by atoms with Gasteiger partial charge >= 0.3 is 0 Å². The smallest absolute Gasteiger partial charge is 0.291 e. The van der Waals surface area contributed by atoms with Gasteiger partial charge in [-0.25, -0.2) is 0 Å². The first-order valence-electron chi connectivity index (χ1n) is 12.4. The second-order valence-electron chi connectivity index (χ2n) is 8.91. The molecule has 5 rings (SSSR count). The average molecular weight is 496 g/mol. The maximum Gasteiger partial charge on any atom is 0.291 e. The van der Waals surface area contributed by atoms with Crippen molar-refractivity contribution < 1.29 is 14.0 Å². The fraction of sp³-hybridized carbons (Fsp3) is 0.207. The first-order chi connectivity index (χ1) is 18.2. The molecule has 2 amide bonds. The van der Waals surface area contributed by atoms with E-state index in [0.29, 0.717) is 11.3 Å². The van der Waals surface area contributed by atoms with E-state index in [4.69, 9.17) is 4.42 Å². The van der Waals surface area contributed by atoms with Gasteiger partial charge in [-0.15, -0.1) is 0 Å². The molecule has 1 fully saturated rings. The van der Waals surface area contributed by atoms with E-state index in [1.54, 1.807) is 36.4 Å². The Morgan fingerprint density at radius 2 is 1.57 bits per heavy atom. The number of amides is 2. The van der Waals surface area contributed by atoms with Gasteiger partial charge in [0.1, 0.15) is 0 Å². The van der Waals surface area contributed by atoms with Gasteiger partial charge < -0.3 is 20.0 Å². The number of rotatable bonds is 8. The molecule has 2 N–H and O–H groups in total. The fourth-order valence-electron chi connectivity index (χ4n) is 4.40. The Hall–Kier alpha value is -4.43. The largest absolute Gasteiger partial charge is 0.459 e. The molecule has 1 saturated heterocycles. The lowest BCUT2D eigenvalue weighted by molar-refractivity contribution is 0.0995. The molecule has 8 heteroatoms. The number of para-hydroxylation sites is 2. The molecule has 0 atom stereocenters. The Kier molecular flexibility index (Phi) is 7.57. The van der Waals surface area contributed by atoms with Gasteiger partial charge in [-0.3, -0.25) is 19.5 Å². The molecule has 2 aromatic carbocycles. The first kappa shape index (κ1) is 24.3. The standard InChI is InChI=1S/C29H29N5O3/c35-28(23-7-9-24(10-8-23)31-29(36)27-6-3-21-37-27)32-25-4-1-2-5-26(25)34-19-17-33(18-20-34)16-13-22-11-14-30-15-12-22/h1-12,14-15,21H,13,16-20H2,(H,31,36)(H,32,35). The number of furan rings is 1. The number of piperazine rings is 1. The number of hydrogen-bond donors (Lipinski definition) is 2. The number of hydrogen-bond acceptors (Lipinski definition) is 6. The number of pyridine rings is 1. The van der Waals surface area contributed by atoms with Gasteiger partial charge in [0.15, 0.2) is 5.76 Å². The van der Waals surface area contributed by atoms with Crippen LogP contribution in [0.5, 0.6) is 0 Å². The van der Waals surface area contributed by atoms with Crippen LogP contribution in [0.15, 0.2) is 95.9 Å². The maximum absolute atomic E-state index is 13.0. The van der Waals surface area contributed by atoms with Crippen LogP contribution < -0.4 is 15.5 Å². The van der Waals surface area contributed by atoms with Crippen LogP contribution in [0.2, 0.25) is 0 Å². The van der Waals surface area contributed by atoms with Crippen molar-refractivity contribution in [1.82, 2.24) is 9.88 Å². The van der Waals surface area contributed by atoms with Gasteiger partial charge in [0.2, 0.25) is 0 Å². The summed E-state index contributed by atoms with van der Waals surface area (Å²) in [5.41, 5.74) is 4.20. The Labute approximate surface area is 215 Å². The number of nitrogens with zero attached hydrogens (tertiary/aromatic N) is 3. The zero-order valence-electron chi connectivity index (χ0n) is 20.5. The van der Waals surface area contributed by atoms with Crippen LogP contribution in [0.25, 0.3) is 0 Å². The van der Waals surface area contributed by atoms with E-state index in [1.165, 1.54) is 11.8 Å². The van der Waals surface area contributed by atoms with E-state index in [-0.39, 0.29) is 17.6 Å². The molecule has 0 spiro atoms. The second kappa shape index (κ2) is 11.5. The predicted molar refractivity (Wildman–Crippen MR) is 144 cm³/mol. The number of anilines is 3. The highest BCUT2D eigenvalue weighted by molar-refractivity contribution is 6.07. The maximum atomic E-state index is 13.0. The molecule has 3 heterocycles. The molecule has 0 aliphatic carbocycles. The van der Waals surface area contributed by atoms with Crippen LogP contribution in [-0.2, 0) is 6.42 Å². The summed E-state index contributed by atoms with van der Waals surface area (Å²) in [7, 11) is 0. The summed E-state index contributed by atoms with van der Waals surface area (Å²) in [4.78, 5) is 34.0. The Morgan fingerprint density at radius 1 is 0.811 bits per heavy atom. The first-order valence-corrected chi connectivity index (χ1v) is 12.4. The van der Waals surface area contributed by atoms with Crippen molar-refractivity contribution in [2.24, 2.45) is 0 Å². The van der Waals surface area contributed by atoms with E-state index in [0.717, 1.165) is 50.5 Å². The molecular formula is C29H29N5O3. The Bertz CT molecular complexity index is 1320. The van der Waals surface area contributed by atoms with Crippen molar-refractivity contribution >= 4 is 28.9 Å². The quantitative estimate of drug-likeness (QED) is 0.373. The molecule has 8 nitrogen and oxygen atoms in total. The Morgan fingerprint density at radius 3 is 2.30 bits per heavy atom. The summed E-state index contributed by atoms with van der Waals surface area (Å²) < 4.78 is 5.11. The number of carbonyl (C=O) groups is 2. The molecular weight excluding hydrogens is 466 g/mol. The minimum Gasteiger partial charge on any atom is -0.459 e. The van der Waals surface area contributed by atoms with Crippen LogP contribution in [0, 0.1) is 0 Å². The monoisotopic (exact) mass is 495 g/mol. The van der Waals surface area contributed by atoms with E-state index in [1.807, 2.05) is 30.6 Å².